The van der Waals surface area contributed by atoms with E-state index in [1.807, 2.05) is 16.8 Å². The van der Waals surface area contributed by atoms with Crippen molar-refractivity contribution < 1.29 is 9.32 Å². The van der Waals surface area contributed by atoms with E-state index in [0.717, 1.165) is 12.0 Å². The van der Waals surface area contributed by atoms with E-state index in [1.54, 1.807) is 11.3 Å². The van der Waals surface area contributed by atoms with Gasteiger partial charge < -0.3 is 9.84 Å². The van der Waals surface area contributed by atoms with Crippen molar-refractivity contribution in [2.24, 2.45) is 11.8 Å². The molecule has 2 heterocycles. The van der Waals surface area contributed by atoms with E-state index in [0.29, 0.717) is 24.2 Å². The molecule has 0 saturated heterocycles. The molecule has 1 fully saturated rings. The highest BCUT2D eigenvalue weighted by atomic mass is 32.1. The molecule has 1 N–H and O–H groups in total. The Morgan fingerprint density at radius 2 is 2.50 bits per heavy atom. The Morgan fingerprint density at radius 1 is 1.67 bits per heavy atom. The number of aromatic nitrogens is 2. The lowest BCUT2D eigenvalue weighted by atomic mass is 10.3. The van der Waals surface area contributed by atoms with Crippen LogP contribution in [0.2, 0.25) is 0 Å². The molecule has 0 spiro atoms. The van der Waals surface area contributed by atoms with Crippen LogP contribution >= 0.6 is 11.3 Å². The van der Waals surface area contributed by atoms with E-state index in [9.17, 15) is 4.79 Å². The first-order valence-electron chi connectivity index (χ1n) is 5.87. The molecular formula is C12H13N3O2S. The molecule has 0 bridgehead atoms. The molecule has 3 rings (SSSR count). The molecule has 2 aromatic heterocycles. The summed E-state index contributed by atoms with van der Waals surface area (Å²) in [5.74, 6) is 1.77. The van der Waals surface area contributed by atoms with Crippen molar-refractivity contribution in [1.82, 2.24) is 15.5 Å². The van der Waals surface area contributed by atoms with Gasteiger partial charge in [-0.3, -0.25) is 4.79 Å². The van der Waals surface area contributed by atoms with E-state index >= 15 is 0 Å². The molecule has 5 nitrogen and oxygen atoms in total. The van der Waals surface area contributed by atoms with Crippen molar-refractivity contribution in [1.29, 1.82) is 0 Å². The largest absolute Gasteiger partial charge is 0.347 e. The Bertz CT molecular complexity index is 549. The molecule has 1 aliphatic rings. The molecular weight excluding hydrogens is 250 g/mol. The number of nitrogens with zero attached hydrogens (tertiary/aromatic N) is 2. The number of carbonyl (C=O) groups excluding carboxylic acids is 1. The van der Waals surface area contributed by atoms with Crippen LogP contribution < -0.4 is 5.32 Å². The van der Waals surface area contributed by atoms with Gasteiger partial charge in [-0.05, 0) is 23.8 Å². The van der Waals surface area contributed by atoms with E-state index < -0.39 is 0 Å². The van der Waals surface area contributed by atoms with Gasteiger partial charge in [-0.2, -0.15) is 16.3 Å². The lowest BCUT2D eigenvalue weighted by Gasteiger charge is -1.99. The minimum Gasteiger partial charge on any atom is -0.347 e. The molecule has 0 aliphatic heterocycles. The number of amides is 1. The summed E-state index contributed by atoms with van der Waals surface area (Å²) in [6.45, 7) is 2.38. The van der Waals surface area contributed by atoms with E-state index in [1.165, 1.54) is 0 Å². The van der Waals surface area contributed by atoms with Crippen LogP contribution in [0.1, 0.15) is 19.2 Å². The summed E-state index contributed by atoms with van der Waals surface area (Å²) < 4.78 is 5.09. The lowest BCUT2D eigenvalue weighted by molar-refractivity contribution is -0.122. The van der Waals surface area contributed by atoms with Crippen LogP contribution in [0.5, 0.6) is 0 Å². The van der Waals surface area contributed by atoms with Crippen LogP contribution in [0.15, 0.2) is 21.3 Å². The standard InChI is InChI=1S/C12H13N3O2S/c1-7-4-9(7)12(16)13-5-10-14-11(15-17-10)8-2-3-18-6-8/h2-3,6-7,9H,4-5H2,1H3,(H,13,16)/t7-,9+/m1/s1. The van der Waals surface area contributed by atoms with Crippen molar-refractivity contribution in [3.05, 3.63) is 22.7 Å². The number of rotatable bonds is 4. The van der Waals surface area contributed by atoms with Crippen LogP contribution in [0.3, 0.4) is 0 Å². The maximum atomic E-state index is 11.6. The van der Waals surface area contributed by atoms with Crippen molar-refractivity contribution >= 4 is 17.2 Å². The third-order valence-corrected chi connectivity index (χ3v) is 3.79. The van der Waals surface area contributed by atoms with Gasteiger partial charge in [-0.15, -0.1) is 0 Å². The van der Waals surface area contributed by atoms with Gasteiger partial charge in [-0.1, -0.05) is 12.1 Å². The zero-order valence-electron chi connectivity index (χ0n) is 9.92. The van der Waals surface area contributed by atoms with Crippen LogP contribution in [-0.2, 0) is 11.3 Å². The van der Waals surface area contributed by atoms with Gasteiger partial charge in [-0.25, -0.2) is 0 Å². The van der Waals surface area contributed by atoms with E-state index in [-0.39, 0.29) is 11.8 Å². The zero-order valence-corrected chi connectivity index (χ0v) is 10.7. The fraction of sp³-hybridized carbons (Fsp3) is 0.417. The third-order valence-electron chi connectivity index (χ3n) is 3.11. The molecule has 1 aliphatic carbocycles. The zero-order chi connectivity index (χ0) is 12.5. The fourth-order valence-corrected chi connectivity index (χ4v) is 2.45. The Balaban J connectivity index is 1.59. The Labute approximate surface area is 108 Å². The molecule has 2 atom stereocenters. The average molecular weight is 263 g/mol. The first kappa shape index (κ1) is 11.4. The van der Waals surface area contributed by atoms with Crippen molar-refractivity contribution in [3.63, 3.8) is 0 Å². The fourth-order valence-electron chi connectivity index (χ4n) is 1.82. The second kappa shape index (κ2) is 4.53. The minimum absolute atomic E-state index is 0.0813. The maximum absolute atomic E-state index is 11.6. The van der Waals surface area contributed by atoms with Crippen molar-refractivity contribution in [2.45, 2.75) is 19.9 Å². The van der Waals surface area contributed by atoms with E-state index in [2.05, 4.69) is 22.4 Å². The predicted octanol–water partition coefficient (Wildman–Crippen LogP) is 2.07. The SMILES string of the molecule is C[C@@H]1C[C@@H]1C(=O)NCc1nc(-c2ccsc2)no1. The summed E-state index contributed by atoms with van der Waals surface area (Å²) in [5.41, 5.74) is 0.942. The summed E-state index contributed by atoms with van der Waals surface area (Å²) in [6.07, 6.45) is 0.982. The minimum atomic E-state index is 0.0813. The molecule has 0 radical (unpaired) electrons. The van der Waals surface area contributed by atoms with Gasteiger partial charge in [0.25, 0.3) is 0 Å². The van der Waals surface area contributed by atoms with Gasteiger partial charge in [0.15, 0.2) is 0 Å². The molecule has 6 heteroatoms. The average Bonchev–Trinajstić information content (AvgIpc) is 2.85. The number of carbonyl (C=O) groups is 1. The van der Waals surface area contributed by atoms with Gasteiger partial charge >= 0.3 is 0 Å². The van der Waals surface area contributed by atoms with Crippen molar-refractivity contribution in [3.8, 4) is 11.4 Å². The Kier molecular flexibility index (Phi) is 2.87. The second-order valence-corrected chi connectivity index (χ2v) is 5.34. The highest BCUT2D eigenvalue weighted by Crippen LogP contribution is 2.37. The molecule has 0 aromatic carbocycles. The normalized spacial score (nSPS) is 21.8. The van der Waals surface area contributed by atoms with Crippen LogP contribution in [0, 0.1) is 11.8 Å². The Hall–Kier alpha value is -1.69. The summed E-state index contributed by atoms with van der Waals surface area (Å²) in [4.78, 5) is 15.9. The van der Waals surface area contributed by atoms with Gasteiger partial charge in [0.05, 0.1) is 6.54 Å². The molecule has 1 amide bonds. The summed E-state index contributed by atoms with van der Waals surface area (Å²) in [7, 11) is 0. The summed E-state index contributed by atoms with van der Waals surface area (Å²) >= 11 is 1.58. The summed E-state index contributed by atoms with van der Waals surface area (Å²) in [5, 5.41) is 10.6. The first-order chi connectivity index (χ1) is 8.74. The second-order valence-electron chi connectivity index (χ2n) is 4.56. The molecule has 18 heavy (non-hydrogen) atoms. The molecule has 1 saturated carbocycles. The molecule has 94 valence electrons. The van der Waals surface area contributed by atoms with Crippen LogP contribution in [-0.4, -0.2) is 16.0 Å². The first-order valence-corrected chi connectivity index (χ1v) is 6.81. The van der Waals surface area contributed by atoms with Crippen LogP contribution in [0.4, 0.5) is 0 Å². The monoisotopic (exact) mass is 263 g/mol. The third kappa shape index (κ3) is 2.28. The number of nitrogens with one attached hydrogen (secondary N) is 1. The van der Waals surface area contributed by atoms with Gasteiger partial charge in [0.1, 0.15) is 0 Å². The predicted molar refractivity (Wildman–Crippen MR) is 66.7 cm³/mol. The topological polar surface area (TPSA) is 68.0 Å². The summed E-state index contributed by atoms with van der Waals surface area (Å²) in [6, 6.07) is 1.93. The number of thiophene rings is 1. The van der Waals surface area contributed by atoms with Gasteiger partial charge in [0, 0.05) is 16.9 Å². The lowest BCUT2D eigenvalue weighted by Crippen LogP contribution is -2.24. The highest BCUT2D eigenvalue weighted by molar-refractivity contribution is 7.08. The highest BCUT2D eigenvalue weighted by Gasteiger charge is 2.38. The van der Waals surface area contributed by atoms with Gasteiger partial charge in [0.2, 0.25) is 17.6 Å². The van der Waals surface area contributed by atoms with E-state index in [4.69, 9.17) is 4.52 Å². The smallest absolute Gasteiger partial charge is 0.246 e. The Morgan fingerprint density at radius 3 is 3.17 bits per heavy atom. The molecule has 2 aromatic rings. The quantitative estimate of drug-likeness (QED) is 0.917. The number of hydrogen-bond acceptors (Lipinski definition) is 5. The maximum Gasteiger partial charge on any atom is 0.246 e. The molecule has 0 unspecified atom stereocenters. The van der Waals surface area contributed by atoms with Crippen LogP contribution in [0.25, 0.3) is 11.4 Å². The number of hydrogen-bond donors (Lipinski definition) is 1. The van der Waals surface area contributed by atoms with Crippen molar-refractivity contribution in [2.75, 3.05) is 0 Å².